The number of nitrogens with zero attached hydrogens (tertiary/aromatic N) is 1. The molecule has 2 rings (SSSR count). The van der Waals surface area contributed by atoms with Crippen molar-refractivity contribution in [2.75, 3.05) is 6.61 Å². The standard InChI is InChI=1S/C18H25NO4/c1-5-9-15(20)16-19(17(21)23-18(2,3)4)14(12-22-16)13-10-7-6-8-11-13/h5-8,10-11,14-16,20H,1,9,12H2,2-4H3/t14-,15+,16+/m1/s1. The lowest BCUT2D eigenvalue weighted by Gasteiger charge is -2.32. The molecule has 0 radical (unpaired) electrons. The molecule has 1 aromatic rings. The Hall–Kier alpha value is -1.85. The van der Waals surface area contributed by atoms with Crippen LogP contribution in [0.1, 0.15) is 38.8 Å². The van der Waals surface area contributed by atoms with Crippen molar-refractivity contribution in [3.8, 4) is 0 Å². The first-order valence-corrected chi connectivity index (χ1v) is 7.80. The summed E-state index contributed by atoms with van der Waals surface area (Å²) >= 11 is 0. The molecule has 0 bridgehead atoms. The first kappa shape index (κ1) is 17.5. The highest BCUT2D eigenvalue weighted by Gasteiger charge is 2.43. The van der Waals surface area contributed by atoms with Crippen molar-refractivity contribution in [1.82, 2.24) is 4.90 Å². The summed E-state index contributed by atoms with van der Waals surface area (Å²) in [5.74, 6) is 0. The van der Waals surface area contributed by atoms with Gasteiger partial charge in [-0.25, -0.2) is 4.79 Å². The predicted molar refractivity (Wildman–Crippen MR) is 87.8 cm³/mol. The van der Waals surface area contributed by atoms with Crippen LogP contribution >= 0.6 is 0 Å². The Morgan fingerprint density at radius 1 is 1.48 bits per heavy atom. The van der Waals surface area contributed by atoms with Crippen LogP contribution in [0.2, 0.25) is 0 Å². The molecule has 1 N–H and O–H groups in total. The molecule has 0 spiro atoms. The summed E-state index contributed by atoms with van der Waals surface area (Å²) in [6.45, 7) is 9.39. The number of hydrogen-bond acceptors (Lipinski definition) is 4. The molecule has 5 nitrogen and oxygen atoms in total. The van der Waals surface area contributed by atoms with Gasteiger partial charge in [-0.3, -0.25) is 4.90 Å². The van der Waals surface area contributed by atoms with Gasteiger partial charge < -0.3 is 14.6 Å². The predicted octanol–water partition coefficient (Wildman–Crippen LogP) is 3.26. The Balaban J connectivity index is 2.28. The number of aliphatic hydroxyl groups is 1. The number of carbonyl (C=O) groups is 1. The molecule has 1 saturated heterocycles. The van der Waals surface area contributed by atoms with Gasteiger partial charge in [-0.2, -0.15) is 0 Å². The third-order valence-electron chi connectivity index (χ3n) is 3.56. The number of amides is 1. The molecular formula is C18H25NO4. The fourth-order valence-corrected chi connectivity index (χ4v) is 2.59. The van der Waals surface area contributed by atoms with Gasteiger partial charge in [0.05, 0.1) is 12.6 Å². The molecule has 1 heterocycles. The van der Waals surface area contributed by atoms with Gasteiger partial charge in [0.1, 0.15) is 11.7 Å². The summed E-state index contributed by atoms with van der Waals surface area (Å²) in [7, 11) is 0. The number of aliphatic hydroxyl groups excluding tert-OH is 1. The zero-order valence-corrected chi connectivity index (χ0v) is 13.9. The summed E-state index contributed by atoms with van der Waals surface area (Å²) in [4.78, 5) is 14.1. The zero-order valence-electron chi connectivity index (χ0n) is 13.9. The van der Waals surface area contributed by atoms with Crippen molar-refractivity contribution in [3.63, 3.8) is 0 Å². The Labute approximate surface area is 137 Å². The molecule has 1 fully saturated rings. The Morgan fingerprint density at radius 3 is 2.70 bits per heavy atom. The van der Waals surface area contributed by atoms with E-state index < -0.39 is 24.0 Å². The van der Waals surface area contributed by atoms with Gasteiger partial charge in [-0.15, -0.1) is 6.58 Å². The van der Waals surface area contributed by atoms with Crippen molar-refractivity contribution < 1.29 is 19.4 Å². The first-order chi connectivity index (χ1) is 10.8. The molecule has 3 atom stereocenters. The van der Waals surface area contributed by atoms with Gasteiger partial charge in [-0.1, -0.05) is 36.4 Å². The Bertz CT molecular complexity index is 538. The molecule has 0 aromatic heterocycles. The number of hydrogen-bond donors (Lipinski definition) is 1. The van der Waals surface area contributed by atoms with Gasteiger partial charge in [0, 0.05) is 0 Å². The van der Waals surface area contributed by atoms with Gasteiger partial charge in [-0.05, 0) is 32.8 Å². The maximum atomic E-state index is 12.7. The van der Waals surface area contributed by atoms with Crippen LogP contribution in [0.5, 0.6) is 0 Å². The van der Waals surface area contributed by atoms with Crippen LogP contribution in [0.25, 0.3) is 0 Å². The summed E-state index contributed by atoms with van der Waals surface area (Å²) in [5, 5.41) is 10.3. The molecule has 23 heavy (non-hydrogen) atoms. The highest BCUT2D eigenvalue weighted by atomic mass is 16.6. The van der Waals surface area contributed by atoms with E-state index in [-0.39, 0.29) is 6.04 Å². The van der Waals surface area contributed by atoms with Crippen LogP contribution in [-0.2, 0) is 9.47 Å². The second kappa shape index (κ2) is 7.15. The second-order valence-electron chi connectivity index (χ2n) is 6.63. The van der Waals surface area contributed by atoms with E-state index in [9.17, 15) is 9.90 Å². The molecule has 0 aliphatic carbocycles. The van der Waals surface area contributed by atoms with Crippen LogP contribution in [0.15, 0.2) is 43.0 Å². The molecule has 1 aliphatic rings. The van der Waals surface area contributed by atoms with Crippen molar-refractivity contribution in [2.45, 2.75) is 51.2 Å². The van der Waals surface area contributed by atoms with Crippen LogP contribution in [-0.4, -0.2) is 40.6 Å². The summed E-state index contributed by atoms with van der Waals surface area (Å²) in [5.41, 5.74) is 0.334. The van der Waals surface area contributed by atoms with Gasteiger partial charge in [0.15, 0.2) is 6.23 Å². The quantitative estimate of drug-likeness (QED) is 0.866. The lowest BCUT2D eigenvalue weighted by atomic mass is 10.1. The minimum absolute atomic E-state index is 0.282. The average Bonchev–Trinajstić information content (AvgIpc) is 2.91. The lowest BCUT2D eigenvalue weighted by molar-refractivity contribution is -0.0689. The normalized spacial score (nSPS) is 22.7. The van der Waals surface area contributed by atoms with Gasteiger partial charge in [0.25, 0.3) is 0 Å². The Morgan fingerprint density at radius 2 is 2.13 bits per heavy atom. The third kappa shape index (κ3) is 4.33. The van der Waals surface area contributed by atoms with E-state index in [1.165, 1.54) is 4.90 Å². The average molecular weight is 319 g/mol. The lowest BCUT2D eigenvalue weighted by Crippen LogP contribution is -2.46. The summed E-state index contributed by atoms with van der Waals surface area (Å²) in [6.07, 6.45) is -0.124. The van der Waals surface area contributed by atoms with E-state index in [0.29, 0.717) is 13.0 Å². The van der Waals surface area contributed by atoms with E-state index in [0.717, 1.165) is 5.56 Å². The topological polar surface area (TPSA) is 59.0 Å². The molecule has 0 saturated carbocycles. The van der Waals surface area contributed by atoms with Gasteiger partial charge >= 0.3 is 6.09 Å². The number of benzene rings is 1. The molecular weight excluding hydrogens is 294 g/mol. The number of carbonyl (C=O) groups excluding carboxylic acids is 1. The maximum absolute atomic E-state index is 12.7. The highest BCUT2D eigenvalue weighted by molar-refractivity contribution is 5.69. The van der Waals surface area contributed by atoms with E-state index >= 15 is 0 Å². The molecule has 0 unspecified atom stereocenters. The van der Waals surface area contributed by atoms with E-state index in [2.05, 4.69) is 6.58 Å². The van der Waals surface area contributed by atoms with Crippen LogP contribution < -0.4 is 0 Å². The van der Waals surface area contributed by atoms with Crippen LogP contribution in [0, 0.1) is 0 Å². The largest absolute Gasteiger partial charge is 0.444 e. The van der Waals surface area contributed by atoms with Crippen molar-refractivity contribution >= 4 is 6.09 Å². The highest BCUT2D eigenvalue weighted by Crippen LogP contribution is 2.33. The molecule has 126 valence electrons. The van der Waals surface area contributed by atoms with Crippen molar-refractivity contribution in [2.24, 2.45) is 0 Å². The number of rotatable bonds is 4. The minimum Gasteiger partial charge on any atom is -0.444 e. The van der Waals surface area contributed by atoms with Crippen LogP contribution in [0.3, 0.4) is 0 Å². The van der Waals surface area contributed by atoms with E-state index in [1.807, 2.05) is 51.1 Å². The van der Waals surface area contributed by atoms with E-state index in [4.69, 9.17) is 9.47 Å². The fraction of sp³-hybridized carbons (Fsp3) is 0.500. The smallest absolute Gasteiger partial charge is 0.413 e. The number of ether oxygens (including phenoxy) is 2. The van der Waals surface area contributed by atoms with Crippen molar-refractivity contribution in [1.29, 1.82) is 0 Å². The van der Waals surface area contributed by atoms with Crippen LogP contribution in [0.4, 0.5) is 4.79 Å². The third-order valence-corrected chi connectivity index (χ3v) is 3.56. The first-order valence-electron chi connectivity index (χ1n) is 7.80. The fourth-order valence-electron chi connectivity index (χ4n) is 2.59. The molecule has 1 aromatic carbocycles. The Kier molecular flexibility index (Phi) is 5.44. The monoisotopic (exact) mass is 319 g/mol. The minimum atomic E-state index is -0.839. The summed E-state index contributed by atoms with van der Waals surface area (Å²) < 4.78 is 11.2. The molecule has 1 aliphatic heterocycles. The summed E-state index contributed by atoms with van der Waals surface area (Å²) in [6, 6.07) is 9.34. The SMILES string of the molecule is C=CC[C@H](O)[C@@H]1OC[C@H](c2ccccc2)N1C(=O)OC(C)(C)C. The van der Waals surface area contributed by atoms with Gasteiger partial charge in [0.2, 0.25) is 0 Å². The van der Waals surface area contributed by atoms with Crippen molar-refractivity contribution in [3.05, 3.63) is 48.6 Å². The zero-order chi connectivity index (χ0) is 17.0. The maximum Gasteiger partial charge on any atom is 0.413 e. The van der Waals surface area contributed by atoms with E-state index in [1.54, 1.807) is 6.08 Å². The second-order valence-corrected chi connectivity index (χ2v) is 6.63. The molecule has 5 heteroatoms. The molecule has 1 amide bonds.